The lowest BCUT2D eigenvalue weighted by molar-refractivity contribution is -0.135. The lowest BCUT2D eigenvalue weighted by Crippen LogP contribution is -2.51. The number of benzene rings is 2. The number of hydrogen-bond donors (Lipinski definition) is 4. The Balaban J connectivity index is 1.03. The number of H-pyrrole nitrogens is 2. The van der Waals surface area contributed by atoms with E-state index in [9.17, 15) is 19.5 Å². The Labute approximate surface area is 289 Å². The summed E-state index contributed by atoms with van der Waals surface area (Å²) in [7, 11) is 1.29. The zero-order valence-electron chi connectivity index (χ0n) is 28.4. The van der Waals surface area contributed by atoms with Gasteiger partial charge in [-0.2, -0.15) is 0 Å². The second-order valence-corrected chi connectivity index (χ2v) is 14.0. The first-order valence-electron chi connectivity index (χ1n) is 17.4. The Morgan fingerprint density at radius 1 is 0.960 bits per heavy atom. The number of aryl methyl sites for hydroxylation is 2. The first kappa shape index (κ1) is 31.9. The number of ether oxygens (including phenoxy) is 2. The van der Waals surface area contributed by atoms with E-state index in [0.29, 0.717) is 19.7 Å². The number of amides is 3. The molecule has 4 N–H and O–H groups in total. The maximum atomic E-state index is 13.6. The molecule has 2 aromatic carbocycles. The Bertz CT molecular complexity index is 2000. The van der Waals surface area contributed by atoms with Gasteiger partial charge in [0, 0.05) is 29.9 Å². The van der Waals surface area contributed by atoms with Crippen LogP contribution in [0.15, 0.2) is 36.5 Å². The normalized spacial score (nSPS) is 19.7. The van der Waals surface area contributed by atoms with Gasteiger partial charge in [0.1, 0.15) is 30.0 Å². The van der Waals surface area contributed by atoms with Gasteiger partial charge in [-0.05, 0) is 84.9 Å². The maximum absolute atomic E-state index is 13.6. The first-order chi connectivity index (χ1) is 24.2. The van der Waals surface area contributed by atoms with Gasteiger partial charge in [0.05, 0.1) is 36.8 Å². The quantitative estimate of drug-likeness (QED) is 0.193. The Kier molecular flexibility index (Phi) is 7.99. The van der Waals surface area contributed by atoms with Crippen LogP contribution in [0, 0.1) is 5.92 Å². The van der Waals surface area contributed by atoms with Crippen molar-refractivity contribution < 1.29 is 29.0 Å². The molecule has 3 atom stereocenters. The number of carbonyl (C=O) groups is 3. The summed E-state index contributed by atoms with van der Waals surface area (Å²) in [5.74, 6) is 2.02. The van der Waals surface area contributed by atoms with Crippen molar-refractivity contribution in [3.8, 4) is 39.4 Å². The van der Waals surface area contributed by atoms with E-state index in [0.717, 1.165) is 101 Å². The molecule has 2 saturated heterocycles. The highest BCUT2D eigenvalue weighted by atomic mass is 16.5. The molecule has 13 heteroatoms. The molecule has 50 heavy (non-hydrogen) atoms. The molecule has 0 bridgehead atoms. The molecule has 13 nitrogen and oxygen atoms in total. The van der Waals surface area contributed by atoms with E-state index in [1.54, 1.807) is 0 Å². The third kappa shape index (κ3) is 5.44. The Morgan fingerprint density at radius 3 is 2.50 bits per heavy atom. The molecule has 5 heterocycles. The Hall–Kier alpha value is -5.33. The summed E-state index contributed by atoms with van der Waals surface area (Å²) in [6.45, 7) is 5.35. The van der Waals surface area contributed by atoms with Crippen LogP contribution in [0.3, 0.4) is 0 Å². The molecular formula is C37H41N7O6. The number of imidazole rings is 2. The average molecular weight is 680 g/mol. The summed E-state index contributed by atoms with van der Waals surface area (Å²) in [6.07, 6.45) is 5.19. The number of aromatic nitrogens is 4. The molecule has 0 saturated carbocycles. The van der Waals surface area contributed by atoms with Crippen LogP contribution in [0.4, 0.5) is 9.59 Å². The van der Waals surface area contributed by atoms with Crippen LogP contribution in [0.25, 0.3) is 33.6 Å². The zero-order valence-corrected chi connectivity index (χ0v) is 28.4. The molecule has 260 valence electrons. The smallest absolute Gasteiger partial charge is 0.407 e. The highest BCUT2D eigenvalue weighted by Gasteiger charge is 2.38. The fourth-order valence-corrected chi connectivity index (χ4v) is 8.06. The van der Waals surface area contributed by atoms with Crippen molar-refractivity contribution in [1.82, 2.24) is 35.1 Å². The number of alkyl carbamates (subject to hydrolysis) is 1. The van der Waals surface area contributed by atoms with Crippen LogP contribution in [-0.2, 0) is 29.0 Å². The molecule has 2 aromatic heterocycles. The summed E-state index contributed by atoms with van der Waals surface area (Å²) in [4.78, 5) is 57.2. The van der Waals surface area contributed by atoms with E-state index in [1.807, 2.05) is 24.9 Å². The minimum Gasteiger partial charge on any atom is -0.488 e. The van der Waals surface area contributed by atoms with Crippen molar-refractivity contribution in [1.29, 1.82) is 0 Å². The lowest BCUT2D eigenvalue weighted by atomic mass is 9.86. The van der Waals surface area contributed by atoms with Crippen molar-refractivity contribution in [3.63, 3.8) is 0 Å². The third-order valence-electron chi connectivity index (χ3n) is 10.6. The molecule has 8 rings (SSSR count). The number of nitrogens with zero attached hydrogens (tertiary/aromatic N) is 4. The van der Waals surface area contributed by atoms with E-state index >= 15 is 0 Å². The van der Waals surface area contributed by atoms with Crippen LogP contribution in [0.1, 0.15) is 80.1 Å². The fraction of sp³-hybridized carbons (Fsp3) is 0.432. The first-order valence-corrected chi connectivity index (χ1v) is 17.4. The molecule has 0 radical (unpaired) electrons. The molecule has 1 aliphatic carbocycles. The fourth-order valence-electron chi connectivity index (χ4n) is 8.06. The van der Waals surface area contributed by atoms with E-state index in [2.05, 4.69) is 45.6 Å². The topological polar surface area (TPSA) is 166 Å². The monoisotopic (exact) mass is 679 g/mol. The number of rotatable bonds is 6. The van der Waals surface area contributed by atoms with E-state index in [-0.39, 0.29) is 23.9 Å². The van der Waals surface area contributed by atoms with Crippen molar-refractivity contribution in [2.24, 2.45) is 5.92 Å². The Morgan fingerprint density at radius 2 is 1.74 bits per heavy atom. The summed E-state index contributed by atoms with van der Waals surface area (Å²) >= 11 is 0. The standard InChI is InChI=1S/C37H41N7O6/c1-19(2)31(42-36(46)49-3)35(45)43-12-4-6-28(43)33-38-17-27(40-33)21-8-10-23-22(14-21)18-50-30-16-24-20(15-25(23)30)9-11-26-32(24)41-34(39-26)29-7-5-13-44(29)37(47)48/h8,10,14-17,19,28-29,31H,4-7,9,11-13,18H2,1-3H3,(H,38,40)(H,39,41)(H,42,46)(H,47,48)/t28-,29+,31+/m1/s1. The number of likely N-dealkylation sites (tertiary alicyclic amines) is 2. The summed E-state index contributed by atoms with van der Waals surface area (Å²) < 4.78 is 11.1. The molecule has 3 aliphatic heterocycles. The van der Waals surface area contributed by atoms with Gasteiger partial charge in [0.2, 0.25) is 5.91 Å². The number of aromatic amines is 2. The number of carboxylic acid groups (broad SMARTS) is 1. The van der Waals surface area contributed by atoms with Crippen LogP contribution in [-0.4, -0.2) is 79.2 Å². The van der Waals surface area contributed by atoms with Crippen LogP contribution < -0.4 is 10.1 Å². The predicted octanol–water partition coefficient (Wildman–Crippen LogP) is 5.98. The molecule has 4 aliphatic rings. The van der Waals surface area contributed by atoms with Crippen LogP contribution in [0.5, 0.6) is 5.75 Å². The number of carbonyl (C=O) groups excluding carboxylic acids is 2. The average Bonchev–Trinajstić information content (AvgIpc) is 3.94. The van der Waals surface area contributed by atoms with Gasteiger partial charge in [-0.1, -0.05) is 26.0 Å². The van der Waals surface area contributed by atoms with E-state index in [4.69, 9.17) is 19.4 Å². The second-order valence-electron chi connectivity index (χ2n) is 14.0. The predicted molar refractivity (Wildman–Crippen MR) is 183 cm³/mol. The van der Waals surface area contributed by atoms with E-state index < -0.39 is 18.2 Å². The number of methoxy groups -OCH3 is 1. The van der Waals surface area contributed by atoms with E-state index in [1.165, 1.54) is 17.6 Å². The third-order valence-corrected chi connectivity index (χ3v) is 10.6. The molecule has 0 unspecified atom stereocenters. The van der Waals surface area contributed by atoms with Gasteiger partial charge in [-0.25, -0.2) is 19.6 Å². The van der Waals surface area contributed by atoms with Crippen LogP contribution >= 0.6 is 0 Å². The molecule has 2 fully saturated rings. The van der Waals surface area contributed by atoms with Crippen molar-refractivity contribution in [2.75, 3.05) is 20.2 Å². The summed E-state index contributed by atoms with van der Waals surface area (Å²) in [5.41, 5.74) is 9.27. The minimum atomic E-state index is -0.905. The highest BCUT2D eigenvalue weighted by molar-refractivity contribution is 5.87. The van der Waals surface area contributed by atoms with Gasteiger partial charge in [0.15, 0.2) is 0 Å². The maximum Gasteiger partial charge on any atom is 0.407 e. The van der Waals surface area contributed by atoms with Gasteiger partial charge < -0.3 is 34.8 Å². The summed E-state index contributed by atoms with van der Waals surface area (Å²) in [6, 6.07) is 9.53. The SMILES string of the molecule is COC(=O)N[C@H](C(=O)N1CCC[C@@H]1c1ncc(-c2ccc3c(c2)COc2cc4c(cc2-3)CCc2[nH]c([C@@H]3CCCN3C(=O)O)nc2-4)[nH]1)C(C)C. The highest BCUT2D eigenvalue weighted by Crippen LogP contribution is 2.45. The zero-order chi connectivity index (χ0) is 34.7. The van der Waals surface area contributed by atoms with Crippen molar-refractivity contribution in [3.05, 3.63) is 65.0 Å². The van der Waals surface area contributed by atoms with Gasteiger partial charge >= 0.3 is 12.2 Å². The summed E-state index contributed by atoms with van der Waals surface area (Å²) in [5, 5.41) is 12.4. The lowest BCUT2D eigenvalue weighted by Gasteiger charge is -2.30. The van der Waals surface area contributed by atoms with Gasteiger partial charge in [0.25, 0.3) is 0 Å². The second kappa shape index (κ2) is 12.5. The number of fused-ring (bicyclic) bond motifs is 6. The number of hydrogen-bond acceptors (Lipinski definition) is 7. The minimum absolute atomic E-state index is 0.104. The van der Waals surface area contributed by atoms with Gasteiger partial charge in [-0.3, -0.25) is 9.69 Å². The molecule has 3 amide bonds. The number of nitrogens with one attached hydrogen (secondary N) is 3. The van der Waals surface area contributed by atoms with Crippen molar-refractivity contribution >= 4 is 18.1 Å². The van der Waals surface area contributed by atoms with Gasteiger partial charge in [-0.15, -0.1) is 0 Å². The molecular weight excluding hydrogens is 638 g/mol. The van der Waals surface area contributed by atoms with Crippen LogP contribution in [0.2, 0.25) is 0 Å². The largest absolute Gasteiger partial charge is 0.488 e. The molecule has 4 aromatic rings. The van der Waals surface area contributed by atoms with Crippen molar-refractivity contribution in [2.45, 2.75) is 77.1 Å². The molecule has 0 spiro atoms.